The number of hydrogen-bond acceptors (Lipinski definition) is 1. The summed E-state index contributed by atoms with van der Waals surface area (Å²) < 4.78 is 0. The Morgan fingerprint density at radius 2 is 2.00 bits per heavy atom. The highest BCUT2D eigenvalue weighted by molar-refractivity contribution is 5.84. The van der Waals surface area contributed by atoms with Crippen LogP contribution >= 0.6 is 0 Å². The van der Waals surface area contributed by atoms with Crippen molar-refractivity contribution in [3.63, 3.8) is 0 Å². The molecule has 0 aromatic heterocycles. The second kappa shape index (κ2) is 2.11. The van der Waals surface area contributed by atoms with E-state index in [-0.39, 0.29) is 5.91 Å². The third-order valence-electron chi connectivity index (χ3n) is 2.25. The molecule has 0 unspecified atom stereocenters. The minimum absolute atomic E-state index is 0.201. The Labute approximate surface area is 60.3 Å². The highest BCUT2D eigenvalue weighted by Crippen LogP contribution is 2.28. The molecule has 2 heteroatoms. The van der Waals surface area contributed by atoms with Crippen molar-refractivity contribution in [2.45, 2.75) is 32.1 Å². The molecule has 1 aliphatic carbocycles. The molecule has 2 nitrogen and oxygen atoms in total. The zero-order valence-corrected chi connectivity index (χ0v) is 5.94. The van der Waals surface area contributed by atoms with Crippen LogP contribution in [-0.2, 0) is 4.79 Å². The van der Waals surface area contributed by atoms with Gasteiger partial charge in [-0.3, -0.25) is 4.79 Å². The van der Waals surface area contributed by atoms with Gasteiger partial charge in [0.05, 0.1) is 0 Å². The van der Waals surface area contributed by atoms with Crippen molar-refractivity contribution >= 4 is 5.91 Å². The van der Waals surface area contributed by atoms with Crippen LogP contribution in [0.15, 0.2) is 11.3 Å². The summed E-state index contributed by atoms with van der Waals surface area (Å²) in [6, 6.07) is 0. The van der Waals surface area contributed by atoms with Crippen molar-refractivity contribution < 1.29 is 4.79 Å². The minimum atomic E-state index is 0.201. The zero-order valence-electron chi connectivity index (χ0n) is 5.94. The van der Waals surface area contributed by atoms with Crippen molar-refractivity contribution in [1.29, 1.82) is 0 Å². The molecule has 0 fully saturated rings. The number of hydrogen-bond donors (Lipinski definition) is 1. The van der Waals surface area contributed by atoms with E-state index in [0.717, 1.165) is 12.8 Å². The summed E-state index contributed by atoms with van der Waals surface area (Å²) >= 11 is 0. The van der Waals surface area contributed by atoms with Crippen LogP contribution in [0.3, 0.4) is 0 Å². The van der Waals surface area contributed by atoms with Crippen LogP contribution < -0.4 is 5.32 Å². The Kier molecular flexibility index (Phi) is 1.26. The summed E-state index contributed by atoms with van der Waals surface area (Å²) in [5, 5.41) is 2.90. The summed E-state index contributed by atoms with van der Waals surface area (Å²) in [6.07, 6.45) is 5.44. The predicted octanol–water partition coefficient (Wildman–Crippen LogP) is 1.33. The molecule has 2 rings (SSSR count). The Morgan fingerprint density at radius 1 is 1.20 bits per heavy atom. The van der Waals surface area contributed by atoms with Crippen LogP contribution in [0.4, 0.5) is 0 Å². The Hall–Kier alpha value is -0.790. The highest BCUT2D eigenvalue weighted by Gasteiger charge is 2.22. The van der Waals surface area contributed by atoms with Crippen LogP contribution in [0.5, 0.6) is 0 Å². The molecule has 1 aliphatic heterocycles. The van der Waals surface area contributed by atoms with Gasteiger partial charge in [0, 0.05) is 12.1 Å². The molecule has 1 N–H and O–H groups in total. The topological polar surface area (TPSA) is 29.1 Å². The van der Waals surface area contributed by atoms with Gasteiger partial charge in [-0.05, 0) is 31.3 Å². The first-order valence-corrected chi connectivity index (χ1v) is 3.87. The van der Waals surface area contributed by atoms with E-state index in [2.05, 4.69) is 5.32 Å². The van der Waals surface area contributed by atoms with Crippen molar-refractivity contribution in [1.82, 2.24) is 5.32 Å². The average Bonchev–Trinajstić information content (AvgIpc) is 2.27. The molecular formula is C8H11NO. The molecular weight excluding hydrogens is 126 g/mol. The van der Waals surface area contributed by atoms with E-state index in [4.69, 9.17) is 0 Å². The smallest absolute Gasteiger partial charge is 0.228 e. The van der Waals surface area contributed by atoms with Gasteiger partial charge in [-0.15, -0.1) is 0 Å². The maximum Gasteiger partial charge on any atom is 0.228 e. The van der Waals surface area contributed by atoms with Gasteiger partial charge in [0.2, 0.25) is 5.91 Å². The molecule has 1 heterocycles. The molecule has 10 heavy (non-hydrogen) atoms. The van der Waals surface area contributed by atoms with Gasteiger partial charge in [0.1, 0.15) is 0 Å². The van der Waals surface area contributed by atoms with Gasteiger partial charge in [-0.25, -0.2) is 0 Å². The van der Waals surface area contributed by atoms with Crippen molar-refractivity contribution in [2.75, 3.05) is 0 Å². The van der Waals surface area contributed by atoms with Crippen molar-refractivity contribution in [3.8, 4) is 0 Å². The van der Waals surface area contributed by atoms with Crippen molar-refractivity contribution in [3.05, 3.63) is 11.3 Å². The Bertz CT molecular complexity index is 185. The van der Waals surface area contributed by atoms with E-state index in [1.807, 2.05) is 0 Å². The summed E-state index contributed by atoms with van der Waals surface area (Å²) in [6.45, 7) is 0. The van der Waals surface area contributed by atoms with Crippen molar-refractivity contribution in [2.24, 2.45) is 0 Å². The molecule has 0 spiro atoms. The lowest BCUT2D eigenvalue weighted by Crippen LogP contribution is -2.15. The predicted molar refractivity (Wildman–Crippen MR) is 38.3 cm³/mol. The first-order chi connectivity index (χ1) is 4.86. The Balaban J connectivity index is 2.20. The lowest BCUT2D eigenvalue weighted by atomic mass is 9.97. The molecule has 0 bridgehead atoms. The van der Waals surface area contributed by atoms with Crippen LogP contribution in [0.25, 0.3) is 0 Å². The number of allylic oxidation sites excluding steroid dienone is 1. The van der Waals surface area contributed by atoms with Gasteiger partial charge in [0.15, 0.2) is 0 Å². The van der Waals surface area contributed by atoms with E-state index in [1.165, 1.54) is 24.1 Å². The summed E-state index contributed by atoms with van der Waals surface area (Å²) in [7, 11) is 0. The fraction of sp³-hybridized carbons (Fsp3) is 0.625. The summed E-state index contributed by atoms with van der Waals surface area (Å²) in [4.78, 5) is 10.9. The molecule has 2 aliphatic rings. The average molecular weight is 137 g/mol. The fourth-order valence-corrected chi connectivity index (χ4v) is 1.72. The largest absolute Gasteiger partial charge is 0.330 e. The SMILES string of the molecule is O=C1CC2=C(CCCC2)N1. The molecule has 0 saturated heterocycles. The van der Waals surface area contributed by atoms with E-state index in [1.54, 1.807) is 0 Å². The standard InChI is InChI=1S/C8H11NO/c10-8-5-6-3-1-2-4-7(6)9-8/h1-5H2,(H,9,10). The summed E-state index contributed by atoms with van der Waals surface area (Å²) in [5.41, 5.74) is 2.60. The van der Waals surface area contributed by atoms with Crippen LogP contribution in [0.1, 0.15) is 32.1 Å². The lowest BCUT2D eigenvalue weighted by molar-refractivity contribution is -0.118. The van der Waals surface area contributed by atoms with E-state index >= 15 is 0 Å². The lowest BCUT2D eigenvalue weighted by Gasteiger charge is -2.11. The molecule has 54 valence electrons. The summed E-state index contributed by atoms with van der Waals surface area (Å²) in [5.74, 6) is 0.201. The third kappa shape index (κ3) is 0.838. The second-order valence-electron chi connectivity index (χ2n) is 3.01. The third-order valence-corrected chi connectivity index (χ3v) is 2.25. The van der Waals surface area contributed by atoms with Gasteiger partial charge < -0.3 is 5.32 Å². The number of nitrogens with one attached hydrogen (secondary N) is 1. The zero-order chi connectivity index (χ0) is 6.97. The van der Waals surface area contributed by atoms with E-state index in [0.29, 0.717) is 6.42 Å². The minimum Gasteiger partial charge on any atom is -0.330 e. The Morgan fingerprint density at radius 3 is 2.80 bits per heavy atom. The van der Waals surface area contributed by atoms with Gasteiger partial charge in [-0.2, -0.15) is 0 Å². The van der Waals surface area contributed by atoms with Gasteiger partial charge in [0.25, 0.3) is 0 Å². The second-order valence-corrected chi connectivity index (χ2v) is 3.01. The highest BCUT2D eigenvalue weighted by atomic mass is 16.1. The van der Waals surface area contributed by atoms with E-state index < -0.39 is 0 Å². The number of carbonyl (C=O) groups is 1. The number of rotatable bonds is 0. The van der Waals surface area contributed by atoms with Gasteiger partial charge in [-0.1, -0.05) is 0 Å². The van der Waals surface area contributed by atoms with E-state index in [9.17, 15) is 4.79 Å². The fourth-order valence-electron chi connectivity index (χ4n) is 1.72. The monoisotopic (exact) mass is 137 g/mol. The first kappa shape index (κ1) is 5.96. The van der Waals surface area contributed by atoms with Crippen LogP contribution in [-0.4, -0.2) is 5.91 Å². The number of carbonyl (C=O) groups excluding carboxylic acids is 1. The first-order valence-electron chi connectivity index (χ1n) is 3.87. The molecule has 0 aromatic carbocycles. The van der Waals surface area contributed by atoms with Gasteiger partial charge >= 0.3 is 0 Å². The maximum atomic E-state index is 10.9. The molecule has 0 saturated carbocycles. The van der Waals surface area contributed by atoms with Crippen LogP contribution in [0.2, 0.25) is 0 Å². The molecule has 1 amide bonds. The molecule has 0 radical (unpaired) electrons. The maximum absolute atomic E-state index is 10.9. The number of amides is 1. The molecule has 0 atom stereocenters. The van der Waals surface area contributed by atoms with Crippen LogP contribution in [0, 0.1) is 0 Å². The normalized spacial score (nSPS) is 24.6. The quantitative estimate of drug-likeness (QED) is 0.536. The molecule has 0 aromatic rings.